The Bertz CT molecular complexity index is 689. The van der Waals surface area contributed by atoms with Gasteiger partial charge in [-0.15, -0.1) is 0 Å². The van der Waals surface area contributed by atoms with Gasteiger partial charge in [0, 0.05) is 54.2 Å². The van der Waals surface area contributed by atoms with Crippen molar-refractivity contribution in [2.45, 2.75) is 12.2 Å². The van der Waals surface area contributed by atoms with E-state index >= 15 is 0 Å². The summed E-state index contributed by atoms with van der Waals surface area (Å²) >= 11 is 0. The Morgan fingerprint density at radius 2 is 1.88 bits per heavy atom. The molecule has 1 amide bonds. The zero-order chi connectivity index (χ0) is 17.4. The number of carbonyl (C=O) groups is 1. The molecule has 128 valence electrons. The molecule has 0 aliphatic heterocycles. The number of rotatable bonds is 8. The average Bonchev–Trinajstić information content (AvgIpc) is 2.58. The third-order valence-corrected chi connectivity index (χ3v) is 4.45. The molecule has 0 saturated carbocycles. The second-order valence-corrected chi connectivity index (χ2v) is 7.22. The summed E-state index contributed by atoms with van der Waals surface area (Å²) in [5.74, 6) is 0.393. The molecule has 0 fully saturated rings. The smallest absolute Gasteiger partial charge is 0.251 e. The zero-order valence-corrected chi connectivity index (χ0v) is 15.0. The van der Waals surface area contributed by atoms with E-state index in [0.717, 1.165) is 18.5 Å². The Balaban J connectivity index is 1.78. The van der Waals surface area contributed by atoms with E-state index in [2.05, 4.69) is 22.3 Å². The van der Waals surface area contributed by atoms with Crippen molar-refractivity contribution in [3.05, 3.63) is 65.7 Å². The molecule has 5 heteroatoms. The summed E-state index contributed by atoms with van der Waals surface area (Å²) < 4.78 is 11.3. The molecule has 0 aliphatic rings. The number of amides is 1. The monoisotopic (exact) mass is 344 g/mol. The molecule has 1 N–H and O–H groups in total. The molecule has 1 unspecified atom stereocenters. The molecule has 1 atom stereocenters. The van der Waals surface area contributed by atoms with E-state index in [1.165, 1.54) is 5.69 Å². The van der Waals surface area contributed by atoms with Crippen molar-refractivity contribution in [3.8, 4) is 0 Å². The normalized spacial score (nSPS) is 11.8. The summed E-state index contributed by atoms with van der Waals surface area (Å²) in [4.78, 5) is 14.4. The number of hydrogen-bond donors (Lipinski definition) is 1. The van der Waals surface area contributed by atoms with Gasteiger partial charge in [0.1, 0.15) is 0 Å². The minimum Gasteiger partial charge on any atom is -0.375 e. The molecule has 0 radical (unpaired) electrons. The lowest BCUT2D eigenvalue weighted by Gasteiger charge is -2.19. The summed E-state index contributed by atoms with van der Waals surface area (Å²) in [6.45, 7) is 1.50. The van der Waals surface area contributed by atoms with Gasteiger partial charge >= 0.3 is 0 Å². The van der Waals surface area contributed by atoms with Crippen molar-refractivity contribution in [2.24, 2.45) is 0 Å². The van der Waals surface area contributed by atoms with Crippen LogP contribution in [-0.4, -0.2) is 36.5 Å². The Morgan fingerprint density at radius 3 is 2.58 bits per heavy atom. The molecule has 0 bridgehead atoms. The van der Waals surface area contributed by atoms with Gasteiger partial charge in [-0.3, -0.25) is 9.00 Å². The first-order chi connectivity index (χ1) is 11.6. The van der Waals surface area contributed by atoms with Crippen LogP contribution in [0.4, 0.5) is 5.69 Å². The number of anilines is 1. The van der Waals surface area contributed by atoms with Crippen LogP contribution in [0, 0.1) is 0 Å². The molecule has 2 rings (SSSR count). The van der Waals surface area contributed by atoms with Crippen molar-refractivity contribution in [3.63, 3.8) is 0 Å². The second kappa shape index (κ2) is 9.23. The van der Waals surface area contributed by atoms with E-state index in [1.54, 1.807) is 12.3 Å². The third-order valence-electron chi connectivity index (χ3n) is 3.71. The van der Waals surface area contributed by atoms with E-state index in [4.69, 9.17) is 0 Å². The molecule has 0 aliphatic carbocycles. The highest BCUT2D eigenvalue weighted by molar-refractivity contribution is 7.83. The van der Waals surface area contributed by atoms with Crippen molar-refractivity contribution >= 4 is 22.4 Å². The summed E-state index contributed by atoms with van der Waals surface area (Å²) in [6.07, 6.45) is 2.53. The van der Waals surface area contributed by atoms with Gasteiger partial charge in [-0.2, -0.15) is 0 Å². The van der Waals surface area contributed by atoms with Crippen molar-refractivity contribution in [1.29, 1.82) is 0 Å². The van der Waals surface area contributed by atoms with E-state index in [-0.39, 0.29) is 5.91 Å². The van der Waals surface area contributed by atoms with Crippen LogP contribution >= 0.6 is 0 Å². The molecular formula is C19H24N2O2S. The van der Waals surface area contributed by atoms with E-state index in [1.807, 2.05) is 43.4 Å². The van der Waals surface area contributed by atoms with Gasteiger partial charge in [0.25, 0.3) is 5.91 Å². The molecule has 2 aromatic rings. The largest absolute Gasteiger partial charge is 0.375 e. The molecule has 24 heavy (non-hydrogen) atoms. The first kappa shape index (κ1) is 18.2. The topological polar surface area (TPSA) is 49.4 Å². The van der Waals surface area contributed by atoms with Crippen LogP contribution in [0.3, 0.4) is 0 Å². The quantitative estimate of drug-likeness (QED) is 0.749. The number of nitrogens with one attached hydrogen (secondary N) is 1. The molecule has 2 aromatic carbocycles. The van der Waals surface area contributed by atoms with Crippen molar-refractivity contribution < 1.29 is 9.00 Å². The number of hydrogen-bond acceptors (Lipinski definition) is 3. The Hall–Kier alpha value is -2.14. The maximum atomic E-state index is 12.2. The van der Waals surface area contributed by atoms with E-state index in [0.29, 0.717) is 17.9 Å². The fourth-order valence-electron chi connectivity index (χ4n) is 2.47. The third kappa shape index (κ3) is 5.81. The number of carbonyl (C=O) groups excluding carboxylic acids is 1. The van der Waals surface area contributed by atoms with Gasteiger partial charge in [-0.1, -0.05) is 30.3 Å². The van der Waals surface area contributed by atoms with Crippen LogP contribution in [0.1, 0.15) is 22.3 Å². The van der Waals surface area contributed by atoms with Crippen LogP contribution in [-0.2, 0) is 16.6 Å². The minimum atomic E-state index is -0.906. The summed E-state index contributed by atoms with van der Waals surface area (Å²) in [5, 5.41) is 2.94. The maximum Gasteiger partial charge on any atom is 0.251 e. The Morgan fingerprint density at radius 1 is 1.12 bits per heavy atom. The van der Waals surface area contributed by atoms with Crippen LogP contribution in [0.5, 0.6) is 0 Å². The minimum absolute atomic E-state index is 0.0823. The highest BCUT2D eigenvalue weighted by Crippen LogP contribution is 2.11. The van der Waals surface area contributed by atoms with E-state index in [9.17, 15) is 9.00 Å². The molecule has 4 nitrogen and oxygen atoms in total. The fourth-order valence-corrected chi connectivity index (χ4v) is 3.12. The van der Waals surface area contributed by atoms with Gasteiger partial charge in [0.05, 0.1) is 0 Å². The first-order valence-electron chi connectivity index (χ1n) is 7.99. The van der Waals surface area contributed by atoms with Gasteiger partial charge in [-0.05, 0) is 36.2 Å². The first-order valence-corrected chi connectivity index (χ1v) is 9.72. The second-order valence-electron chi connectivity index (χ2n) is 5.78. The summed E-state index contributed by atoms with van der Waals surface area (Å²) in [7, 11) is 1.14. The lowest BCUT2D eigenvalue weighted by Crippen LogP contribution is -2.28. The van der Waals surface area contributed by atoms with Crippen LogP contribution in [0.25, 0.3) is 0 Å². The molecule has 0 heterocycles. The number of para-hydroxylation sites is 1. The van der Waals surface area contributed by atoms with Crippen molar-refractivity contribution in [1.82, 2.24) is 5.32 Å². The highest BCUT2D eigenvalue weighted by Gasteiger charge is 2.07. The Kier molecular flexibility index (Phi) is 7.00. The number of benzene rings is 2. The predicted molar refractivity (Wildman–Crippen MR) is 101 cm³/mol. The van der Waals surface area contributed by atoms with Gasteiger partial charge < -0.3 is 10.2 Å². The van der Waals surface area contributed by atoms with Crippen LogP contribution in [0.15, 0.2) is 54.6 Å². The predicted octanol–water partition coefficient (Wildman–Crippen LogP) is 2.82. The number of nitrogens with zero attached hydrogens (tertiary/aromatic N) is 1. The van der Waals surface area contributed by atoms with Crippen LogP contribution in [0.2, 0.25) is 0 Å². The fraction of sp³-hybridized carbons (Fsp3) is 0.316. The van der Waals surface area contributed by atoms with Crippen molar-refractivity contribution in [2.75, 3.05) is 31.3 Å². The lowest BCUT2D eigenvalue weighted by atomic mass is 10.1. The summed E-state index contributed by atoms with van der Waals surface area (Å²) in [6, 6.07) is 17.5. The maximum absolute atomic E-state index is 12.2. The zero-order valence-electron chi connectivity index (χ0n) is 14.2. The average molecular weight is 344 g/mol. The van der Waals surface area contributed by atoms with E-state index < -0.39 is 10.8 Å². The lowest BCUT2D eigenvalue weighted by molar-refractivity contribution is 0.0953. The SMILES string of the molecule is CN(CCCNC(=O)c1cccc(CS(C)=O)c1)c1ccccc1. The van der Waals surface area contributed by atoms with Gasteiger partial charge in [0.15, 0.2) is 0 Å². The molecule has 0 aromatic heterocycles. The van der Waals surface area contributed by atoms with Crippen LogP contribution < -0.4 is 10.2 Å². The standard InChI is InChI=1S/C19H24N2O2S/c1-21(18-10-4-3-5-11-18)13-7-12-20-19(22)17-9-6-8-16(14-17)15-24(2)23/h3-6,8-11,14H,7,12-13,15H2,1-2H3,(H,20,22). The van der Waals surface area contributed by atoms with Gasteiger partial charge in [0.2, 0.25) is 0 Å². The van der Waals surface area contributed by atoms with Gasteiger partial charge in [-0.25, -0.2) is 0 Å². The molecule has 0 saturated heterocycles. The highest BCUT2D eigenvalue weighted by atomic mass is 32.2. The Labute approximate surface area is 146 Å². The molecule has 0 spiro atoms. The molecular weight excluding hydrogens is 320 g/mol. The summed E-state index contributed by atoms with van der Waals surface area (Å²) in [5.41, 5.74) is 2.71.